The summed E-state index contributed by atoms with van der Waals surface area (Å²) in [5.41, 5.74) is 0.189. The molecule has 1 aromatic carbocycles. The van der Waals surface area contributed by atoms with Crippen LogP contribution in [-0.4, -0.2) is 44.3 Å². The minimum absolute atomic E-state index is 0.0346. The van der Waals surface area contributed by atoms with E-state index in [0.717, 1.165) is 38.5 Å². The van der Waals surface area contributed by atoms with E-state index in [1.54, 1.807) is 36.6 Å². The first-order valence-corrected chi connectivity index (χ1v) is 13.2. The Labute approximate surface area is 193 Å². The average Bonchev–Trinajstić information content (AvgIpc) is 3.31. The summed E-state index contributed by atoms with van der Waals surface area (Å²) in [4.78, 5) is 25.5. The van der Waals surface area contributed by atoms with E-state index in [2.05, 4.69) is 5.32 Å². The number of amides is 1. The Bertz CT molecular complexity index is 999. The number of benzene rings is 1. The smallest absolute Gasteiger partial charge is 0.306 e. The molecular formula is C23H30N2O5S2. The number of esters is 1. The van der Waals surface area contributed by atoms with Crippen LogP contribution >= 0.6 is 11.3 Å². The van der Waals surface area contributed by atoms with Gasteiger partial charge in [0, 0.05) is 24.4 Å². The number of para-hydroxylation sites is 1. The lowest BCUT2D eigenvalue weighted by atomic mass is 9.96. The van der Waals surface area contributed by atoms with E-state index in [0.29, 0.717) is 6.42 Å². The van der Waals surface area contributed by atoms with Gasteiger partial charge in [-0.3, -0.25) is 9.59 Å². The SMILES string of the molecule is CN(C1CCCCC1)S(=O)(=O)c1ccccc1NC(=O)COC(=O)CCCc1cccs1. The highest BCUT2D eigenvalue weighted by Gasteiger charge is 2.31. The number of nitrogens with one attached hydrogen (secondary N) is 1. The van der Waals surface area contributed by atoms with Gasteiger partial charge >= 0.3 is 5.97 Å². The molecule has 0 bridgehead atoms. The van der Waals surface area contributed by atoms with Crippen molar-refractivity contribution in [1.82, 2.24) is 4.31 Å². The number of carbonyl (C=O) groups is 2. The first-order chi connectivity index (χ1) is 15.4. The molecule has 0 spiro atoms. The molecule has 9 heteroatoms. The third-order valence-electron chi connectivity index (χ3n) is 5.66. The zero-order valence-electron chi connectivity index (χ0n) is 18.3. The number of thiophene rings is 1. The summed E-state index contributed by atoms with van der Waals surface area (Å²) in [6.45, 7) is -0.454. The third-order valence-corrected chi connectivity index (χ3v) is 8.56. The molecule has 0 radical (unpaired) electrons. The lowest BCUT2D eigenvalue weighted by molar-refractivity contribution is -0.147. The lowest BCUT2D eigenvalue weighted by Crippen LogP contribution is -2.38. The molecule has 32 heavy (non-hydrogen) atoms. The van der Waals surface area contributed by atoms with Gasteiger partial charge in [0.05, 0.1) is 5.69 Å². The van der Waals surface area contributed by atoms with Crippen LogP contribution in [0.25, 0.3) is 0 Å². The van der Waals surface area contributed by atoms with Crippen molar-refractivity contribution in [3.63, 3.8) is 0 Å². The van der Waals surface area contributed by atoms with Gasteiger partial charge in [0.15, 0.2) is 6.61 Å². The van der Waals surface area contributed by atoms with E-state index < -0.39 is 28.5 Å². The van der Waals surface area contributed by atoms with Gasteiger partial charge in [-0.2, -0.15) is 4.31 Å². The van der Waals surface area contributed by atoms with Gasteiger partial charge in [0.2, 0.25) is 10.0 Å². The maximum absolute atomic E-state index is 13.2. The molecule has 1 N–H and O–H groups in total. The molecule has 1 amide bonds. The number of nitrogens with zero attached hydrogens (tertiary/aromatic N) is 1. The molecular weight excluding hydrogens is 448 g/mol. The highest BCUT2D eigenvalue weighted by atomic mass is 32.2. The lowest BCUT2D eigenvalue weighted by Gasteiger charge is -2.30. The number of hydrogen-bond donors (Lipinski definition) is 1. The molecule has 0 saturated heterocycles. The number of ether oxygens (including phenoxy) is 1. The number of anilines is 1. The number of aryl methyl sites for hydroxylation is 1. The van der Waals surface area contributed by atoms with Gasteiger partial charge in [-0.05, 0) is 49.3 Å². The Kier molecular flexibility index (Phi) is 8.84. The van der Waals surface area contributed by atoms with Crippen LogP contribution in [0.15, 0.2) is 46.7 Å². The summed E-state index contributed by atoms with van der Waals surface area (Å²) in [5.74, 6) is -1.02. The molecule has 3 rings (SSSR count). The van der Waals surface area contributed by atoms with E-state index in [4.69, 9.17) is 4.74 Å². The Balaban J connectivity index is 1.54. The van der Waals surface area contributed by atoms with Crippen molar-refractivity contribution in [3.05, 3.63) is 46.7 Å². The summed E-state index contributed by atoms with van der Waals surface area (Å²) in [5, 5.41) is 4.58. The zero-order chi connectivity index (χ0) is 23.0. The zero-order valence-corrected chi connectivity index (χ0v) is 19.9. The average molecular weight is 479 g/mol. The van der Waals surface area contributed by atoms with Crippen molar-refractivity contribution in [2.75, 3.05) is 19.0 Å². The van der Waals surface area contributed by atoms with Crippen molar-refractivity contribution in [2.24, 2.45) is 0 Å². The fourth-order valence-corrected chi connectivity index (χ4v) is 6.17. The van der Waals surface area contributed by atoms with Crippen LogP contribution < -0.4 is 5.32 Å². The molecule has 1 aliphatic carbocycles. The minimum Gasteiger partial charge on any atom is -0.456 e. The second-order valence-electron chi connectivity index (χ2n) is 7.95. The van der Waals surface area contributed by atoms with E-state index >= 15 is 0 Å². The maximum atomic E-state index is 13.2. The predicted molar refractivity (Wildman–Crippen MR) is 125 cm³/mol. The predicted octanol–water partition coefficient (Wildman–Crippen LogP) is 4.21. The minimum atomic E-state index is -3.77. The first kappa shape index (κ1) is 24.4. The molecule has 1 aromatic heterocycles. The Morgan fingerprint density at radius 3 is 2.59 bits per heavy atom. The van der Waals surface area contributed by atoms with Crippen molar-refractivity contribution < 1.29 is 22.7 Å². The van der Waals surface area contributed by atoms with E-state index in [1.165, 1.54) is 15.2 Å². The van der Waals surface area contributed by atoms with E-state index in [9.17, 15) is 18.0 Å². The van der Waals surface area contributed by atoms with Crippen LogP contribution in [0.5, 0.6) is 0 Å². The monoisotopic (exact) mass is 478 g/mol. The topological polar surface area (TPSA) is 92.8 Å². The molecule has 174 valence electrons. The maximum Gasteiger partial charge on any atom is 0.306 e. The molecule has 1 saturated carbocycles. The number of sulfonamides is 1. The summed E-state index contributed by atoms with van der Waals surface area (Å²) in [6.07, 6.45) is 6.50. The standard InChI is InChI=1S/C23H30N2O5S2/c1-25(18-9-3-2-4-10-18)32(28,29)21-14-6-5-13-20(21)24-22(26)17-30-23(27)15-7-11-19-12-8-16-31-19/h5-6,8,12-14,16,18H,2-4,7,9-11,15,17H2,1H3,(H,24,26). The molecule has 0 aliphatic heterocycles. The quantitative estimate of drug-likeness (QED) is 0.517. The van der Waals surface area contributed by atoms with Crippen molar-refractivity contribution >= 4 is 38.9 Å². The third kappa shape index (κ3) is 6.63. The van der Waals surface area contributed by atoms with Gasteiger partial charge in [0.1, 0.15) is 4.90 Å². The molecule has 2 aromatic rings. The molecule has 1 aliphatic rings. The fraction of sp³-hybridized carbons (Fsp3) is 0.478. The Morgan fingerprint density at radius 1 is 1.12 bits per heavy atom. The van der Waals surface area contributed by atoms with E-state index in [1.807, 2.05) is 17.5 Å². The Morgan fingerprint density at radius 2 is 1.88 bits per heavy atom. The second-order valence-corrected chi connectivity index (χ2v) is 10.9. The van der Waals surface area contributed by atoms with Crippen LogP contribution in [0.3, 0.4) is 0 Å². The van der Waals surface area contributed by atoms with Crippen LogP contribution in [0, 0.1) is 0 Å². The first-order valence-electron chi connectivity index (χ1n) is 10.9. The van der Waals surface area contributed by atoms with Gasteiger partial charge in [0.25, 0.3) is 5.91 Å². The van der Waals surface area contributed by atoms with Gasteiger partial charge in [-0.25, -0.2) is 8.42 Å². The largest absolute Gasteiger partial charge is 0.456 e. The Hall–Kier alpha value is -2.23. The van der Waals surface area contributed by atoms with Crippen molar-refractivity contribution in [1.29, 1.82) is 0 Å². The summed E-state index contributed by atoms with van der Waals surface area (Å²) < 4.78 is 32.9. The van der Waals surface area contributed by atoms with Gasteiger partial charge < -0.3 is 10.1 Å². The van der Waals surface area contributed by atoms with E-state index in [-0.39, 0.29) is 23.0 Å². The second kappa shape index (κ2) is 11.6. The molecule has 0 unspecified atom stereocenters. The summed E-state index contributed by atoms with van der Waals surface area (Å²) in [7, 11) is -2.17. The molecule has 1 fully saturated rings. The van der Waals surface area contributed by atoms with Gasteiger partial charge in [-0.15, -0.1) is 11.3 Å². The van der Waals surface area contributed by atoms with Crippen LogP contribution in [0.4, 0.5) is 5.69 Å². The fourth-order valence-electron chi connectivity index (χ4n) is 3.86. The van der Waals surface area contributed by atoms with Crippen LogP contribution in [0.2, 0.25) is 0 Å². The van der Waals surface area contributed by atoms with Crippen molar-refractivity contribution in [3.8, 4) is 0 Å². The molecule has 1 heterocycles. The summed E-state index contributed by atoms with van der Waals surface area (Å²) >= 11 is 1.64. The molecule has 0 atom stereocenters. The molecule has 7 nitrogen and oxygen atoms in total. The number of rotatable bonds is 10. The highest BCUT2D eigenvalue weighted by molar-refractivity contribution is 7.89. The highest BCUT2D eigenvalue weighted by Crippen LogP contribution is 2.29. The van der Waals surface area contributed by atoms with Crippen LogP contribution in [-0.2, 0) is 30.8 Å². The normalized spacial score (nSPS) is 14.9. The van der Waals surface area contributed by atoms with Crippen molar-refractivity contribution in [2.45, 2.75) is 62.3 Å². The summed E-state index contributed by atoms with van der Waals surface area (Å²) in [6, 6.07) is 10.3. The van der Waals surface area contributed by atoms with Gasteiger partial charge in [-0.1, -0.05) is 37.5 Å². The number of carbonyl (C=O) groups excluding carboxylic acids is 2. The number of hydrogen-bond acceptors (Lipinski definition) is 6. The van der Waals surface area contributed by atoms with Crippen LogP contribution in [0.1, 0.15) is 49.8 Å².